The van der Waals surface area contributed by atoms with Crippen molar-refractivity contribution < 1.29 is 8.83 Å². The first kappa shape index (κ1) is 36.0. The molecule has 0 radical (unpaired) electrons. The second kappa shape index (κ2) is 14.0. The van der Waals surface area contributed by atoms with Crippen LogP contribution in [0.1, 0.15) is 35.2 Å². The maximum atomic E-state index is 6.55. The van der Waals surface area contributed by atoms with Gasteiger partial charge in [0, 0.05) is 63.7 Å². The Kier molecular flexibility index (Phi) is 7.87. The predicted molar refractivity (Wildman–Crippen MR) is 264 cm³/mol. The minimum Gasteiger partial charge on any atom is -0.456 e. The van der Waals surface area contributed by atoms with E-state index in [1.807, 2.05) is 23.5 Å². The Hall–Kier alpha value is -7.52. The fourth-order valence-electron chi connectivity index (χ4n) is 10.4. The monoisotopic (exact) mass is 842 g/mol. The molecule has 3 unspecified atom stereocenters. The van der Waals surface area contributed by atoms with Crippen LogP contribution >= 0.6 is 11.3 Å². The van der Waals surface area contributed by atoms with Crippen LogP contribution in [0.3, 0.4) is 0 Å². The quantitative estimate of drug-likeness (QED) is 0.161. The molecule has 0 spiro atoms. The van der Waals surface area contributed by atoms with Crippen LogP contribution in [0.2, 0.25) is 0 Å². The second-order valence-corrected chi connectivity index (χ2v) is 18.0. The zero-order valence-electron chi connectivity index (χ0n) is 34.4. The van der Waals surface area contributed by atoms with Crippen molar-refractivity contribution in [2.45, 2.75) is 18.5 Å². The van der Waals surface area contributed by atoms with Gasteiger partial charge in [-0.15, -0.1) is 11.3 Å². The molecular weight excluding hydrogens is 805 g/mol. The molecule has 13 aromatic rings. The molecule has 5 heterocycles. The maximum absolute atomic E-state index is 6.55. The first-order chi connectivity index (χ1) is 31.7. The minimum absolute atomic E-state index is 0.0995. The Balaban J connectivity index is 0.856. The van der Waals surface area contributed by atoms with Gasteiger partial charge in [-0.1, -0.05) is 133 Å². The van der Waals surface area contributed by atoms with Gasteiger partial charge < -0.3 is 13.4 Å². The highest BCUT2D eigenvalue weighted by Crippen LogP contribution is 2.43. The lowest BCUT2D eigenvalue weighted by Gasteiger charge is -2.39. The van der Waals surface area contributed by atoms with Crippen LogP contribution in [0.5, 0.6) is 0 Å². The number of hydrogen-bond donors (Lipinski definition) is 3. The highest BCUT2D eigenvalue weighted by molar-refractivity contribution is 7.25. The number of aromatic nitrogens is 1. The van der Waals surface area contributed by atoms with Gasteiger partial charge in [-0.05, 0) is 82.9 Å². The van der Waals surface area contributed by atoms with E-state index in [4.69, 9.17) is 8.83 Å². The summed E-state index contributed by atoms with van der Waals surface area (Å²) in [5.41, 5.74) is 12.8. The van der Waals surface area contributed by atoms with Gasteiger partial charge in [0.25, 0.3) is 0 Å². The highest BCUT2D eigenvalue weighted by Gasteiger charge is 2.32. The van der Waals surface area contributed by atoms with Crippen molar-refractivity contribution in [1.29, 1.82) is 0 Å². The summed E-state index contributed by atoms with van der Waals surface area (Å²) in [5, 5.41) is 21.2. The minimum atomic E-state index is -0.179. The van der Waals surface area contributed by atoms with Crippen molar-refractivity contribution in [1.82, 2.24) is 20.5 Å². The van der Waals surface area contributed by atoms with Crippen molar-refractivity contribution in [3.05, 3.63) is 211 Å². The molecule has 1 fully saturated rings. The highest BCUT2D eigenvalue weighted by atomic mass is 32.1. The van der Waals surface area contributed by atoms with E-state index in [1.165, 1.54) is 58.7 Å². The summed E-state index contributed by atoms with van der Waals surface area (Å²) in [5.74, 6) is 0. The normalized spacial score (nSPS) is 17.0. The number of rotatable bonds is 5. The lowest BCUT2D eigenvalue weighted by Crippen LogP contribution is -2.54. The zero-order chi connectivity index (χ0) is 41.9. The molecule has 6 nitrogen and oxygen atoms in total. The number of fused-ring (bicyclic) bond motifs is 12. The Morgan fingerprint density at radius 1 is 0.406 bits per heavy atom. The van der Waals surface area contributed by atoms with Gasteiger partial charge in [-0.2, -0.15) is 0 Å². The Labute approximate surface area is 370 Å². The van der Waals surface area contributed by atoms with E-state index in [0.29, 0.717) is 0 Å². The van der Waals surface area contributed by atoms with Gasteiger partial charge in [0.15, 0.2) is 0 Å². The molecule has 14 rings (SSSR count). The topological polar surface area (TPSA) is 67.3 Å². The third-order valence-electron chi connectivity index (χ3n) is 13.3. The molecule has 0 saturated carbocycles. The summed E-state index contributed by atoms with van der Waals surface area (Å²) in [6.07, 6.45) is -0.417. The number of para-hydroxylation sites is 4. The SMILES string of the molecule is c1ccc(C2NC(c3ccc4c(c3)sc3ccc(-c5cccc6oc7ccc(-n8c9ccccc9c9ccccc98)cc7c56)cc34)NC(c3cccc4c3oc3ccccc34)N2)cc1. The van der Waals surface area contributed by atoms with Crippen LogP contribution in [-0.4, -0.2) is 4.57 Å². The van der Waals surface area contributed by atoms with E-state index in [2.05, 4.69) is 203 Å². The Morgan fingerprint density at radius 2 is 1.09 bits per heavy atom. The van der Waals surface area contributed by atoms with Crippen LogP contribution in [0.4, 0.5) is 0 Å². The van der Waals surface area contributed by atoms with Crippen LogP contribution < -0.4 is 16.0 Å². The molecule has 1 aliphatic rings. The van der Waals surface area contributed by atoms with Crippen molar-refractivity contribution >= 4 is 97.2 Å². The van der Waals surface area contributed by atoms with Gasteiger partial charge in [-0.3, -0.25) is 16.0 Å². The molecule has 7 heteroatoms. The number of nitrogens with one attached hydrogen (secondary N) is 3. The smallest absolute Gasteiger partial charge is 0.141 e. The lowest BCUT2D eigenvalue weighted by molar-refractivity contribution is 0.203. The molecule has 0 amide bonds. The van der Waals surface area contributed by atoms with E-state index in [-0.39, 0.29) is 18.5 Å². The van der Waals surface area contributed by atoms with Crippen LogP contribution in [0.25, 0.3) is 103 Å². The summed E-state index contributed by atoms with van der Waals surface area (Å²) in [6, 6.07) is 69.6. The number of benzene rings is 9. The van der Waals surface area contributed by atoms with E-state index in [0.717, 1.165) is 60.7 Å². The van der Waals surface area contributed by atoms with E-state index in [9.17, 15) is 0 Å². The van der Waals surface area contributed by atoms with Crippen LogP contribution in [0, 0.1) is 0 Å². The molecule has 0 aliphatic carbocycles. The molecule has 1 aliphatic heterocycles. The third kappa shape index (κ3) is 5.49. The maximum Gasteiger partial charge on any atom is 0.141 e. The summed E-state index contributed by atoms with van der Waals surface area (Å²) < 4.78 is 18.0. The van der Waals surface area contributed by atoms with Gasteiger partial charge in [0.2, 0.25) is 0 Å². The summed E-state index contributed by atoms with van der Waals surface area (Å²) in [4.78, 5) is 0. The van der Waals surface area contributed by atoms with Crippen molar-refractivity contribution in [3.8, 4) is 16.8 Å². The van der Waals surface area contributed by atoms with Crippen molar-refractivity contribution in [2.75, 3.05) is 0 Å². The Bertz CT molecular complexity index is 3940. The summed E-state index contributed by atoms with van der Waals surface area (Å²) in [6.45, 7) is 0. The number of nitrogens with zero attached hydrogens (tertiary/aromatic N) is 1. The fourth-order valence-corrected chi connectivity index (χ4v) is 11.5. The first-order valence-corrected chi connectivity index (χ1v) is 22.7. The Morgan fingerprint density at radius 3 is 1.94 bits per heavy atom. The van der Waals surface area contributed by atoms with Crippen molar-refractivity contribution in [2.24, 2.45) is 0 Å². The average molecular weight is 843 g/mol. The molecule has 3 atom stereocenters. The van der Waals surface area contributed by atoms with Crippen LogP contribution in [0.15, 0.2) is 203 Å². The largest absolute Gasteiger partial charge is 0.456 e. The third-order valence-corrected chi connectivity index (χ3v) is 14.5. The van der Waals surface area contributed by atoms with Crippen LogP contribution in [-0.2, 0) is 0 Å². The fraction of sp³-hybridized carbons (Fsp3) is 0.0526. The molecule has 0 bridgehead atoms. The van der Waals surface area contributed by atoms with E-state index in [1.54, 1.807) is 0 Å². The number of thiophene rings is 1. The van der Waals surface area contributed by atoms with Crippen molar-refractivity contribution in [3.63, 3.8) is 0 Å². The van der Waals surface area contributed by atoms with Gasteiger partial charge in [0.05, 0.1) is 29.5 Å². The number of hydrogen-bond acceptors (Lipinski definition) is 6. The molecular formula is C57H38N4O2S. The number of furan rings is 2. The van der Waals surface area contributed by atoms with Gasteiger partial charge in [-0.25, -0.2) is 0 Å². The molecule has 1 saturated heterocycles. The summed E-state index contributed by atoms with van der Waals surface area (Å²) >= 11 is 1.84. The zero-order valence-corrected chi connectivity index (χ0v) is 35.2. The van der Waals surface area contributed by atoms with E-state index < -0.39 is 0 Å². The summed E-state index contributed by atoms with van der Waals surface area (Å²) in [7, 11) is 0. The second-order valence-electron chi connectivity index (χ2n) is 16.9. The molecule has 4 aromatic heterocycles. The predicted octanol–water partition coefficient (Wildman–Crippen LogP) is 14.8. The van der Waals surface area contributed by atoms with Gasteiger partial charge >= 0.3 is 0 Å². The molecule has 3 N–H and O–H groups in total. The lowest BCUT2D eigenvalue weighted by atomic mass is 9.97. The van der Waals surface area contributed by atoms with Gasteiger partial charge in [0.1, 0.15) is 22.3 Å². The molecule has 304 valence electrons. The van der Waals surface area contributed by atoms with E-state index >= 15 is 0 Å². The molecule has 9 aromatic carbocycles. The molecule has 64 heavy (non-hydrogen) atoms. The standard InChI is InChI=1S/C57H38N4O2S/c1-2-12-33(13-3-1)55-58-56(60-57(59-55)43-19-10-18-42-40-16-6-9-22-48(40)63-54(42)43)35-24-27-41-44-30-34(25-29-51(44)64-52(41)31-35)37-17-11-23-50-53(37)45-32-36(26-28-49(45)62-50)61-46-20-7-4-14-38(46)39-15-5-8-21-47(39)61/h1-32,55-60H. The average Bonchev–Trinajstić information content (AvgIpc) is 4.12. The first-order valence-electron chi connectivity index (χ1n) is 21.8.